The summed E-state index contributed by atoms with van der Waals surface area (Å²) in [7, 11) is 0. The second-order valence-corrected chi connectivity index (χ2v) is 4.48. The quantitative estimate of drug-likeness (QED) is 0.752. The summed E-state index contributed by atoms with van der Waals surface area (Å²) in [6.07, 6.45) is 2.09. The summed E-state index contributed by atoms with van der Waals surface area (Å²) in [5.41, 5.74) is 1.21. The SMILES string of the molecule is CSCCOCc1ccccc1Br. The number of hydrogen-bond acceptors (Lipinski definition) is 2. The van der Waals surface area contributed by atoms with E-state index < -0.39 is 0 Å². The minimum absolute atomic E-state index is 0.696. The Balaban J connectivity index is 2.32. The molecule has 0 amide bonds. The van der Waals surface area contributed by atoms with Crippen LogP contribution in [0.4, 0.5) is 0 Å². The molecular weight excluding hydrogens is 248 g/mol. The van der Waals surface area contributed by atoms with Gasteiger partial charge in [0.15, 0.2) is 0 Å². The van der Waals surface area contributed by atoms with Crippen molar-refractivity contribution in [1.82, 2.24) is 0 Å². The van der Waals surface area contributed by atoms with E-state index in [1.807, 2.05) is 18.2 Å². The van der Waals surface area contributed by atoms with Crippen LogP contribution in [0.2, 0.25) is 0 Å². The van der Waals surface area contributed by atoms with Crippen molar-refractivity contribution < 1.29 is 4.74 Å². The zero-order chi connectivity index (χ0) is 9.52. The van der Waals surface area contributed by atoms with E-state index in [9.17, 15) is 0 Å². The maximum absolute atomic E-state index is 5.49. The Morgan fingerprint density at radius 1 is 1.38 bits per heavy atom. The average Bonchev–Trinajstić information content (AvgIpc) is 2.15. The van der Waals surface area contributed by atoms with Gasteiger partial charge >= 0.3 is 0 Å². The second kappa shape index (κ2) is 6.46. The van der Waals surface area contributed by atoms with Crippen LogP contribution in [0.15, 0.2) is 28.7 Å². The zero-order valence-electron chi connectivity index (χ0n) is 7.63. The summed E-state index contributed by atoms with van der Waals surface area (Å²) in [6.45, 7) is 1.52. The second-order valence-electron chi connectivity index (χ2n) is 2.64. The van der Waals surface area contributed by atoms with Crippen LogP contribution in [0, 0.1) is 0 Å². The Bertz CT molecular complexity index is 252. The normalized spacial score (nSPS) is 10.3. The summed E-state index contributed by atoms with van der Waals surface area (Å²) in [5.74, 6) is 1.06. The molecule has 0 aromatic heterocycles. The molecule has 3 heteroatoms. The lowest BCUT2D eigenvalue weighted by atomic mass is 10.2. The van der Waals surface area contributed by atoms with Gasteiger partial charge in [0.2, 0.25) is 0 Å². The topological polar surface area (TPSA) is 9.23 Å². The first-order valence-corrected chi connectivity index (χ1v) is 6.33. The van der Waals surface area contributed by atoms with Gasteiger partial charge in [-0.2, -0.15) is 11.8 Å². The van der Waals surface area contributed by atoms with Crippen molar-refractivity contribution in [2.45, 2.75) is 6.61 Å². The molecule has 0 aliphatic carbocycles. The molecule has 72 valence electrons. The smallest absolute Gasteiger partial charge is 0.0728 e. The maximum Gasteiger partial charge on any atom is 0.0728 e. The first kappa shape index (κ1) is 11.1. The van der Waals surface area contributed by atoms with E-state index in [0.29, 0.717) is 6.61 Å². The Kier molecular flexibility index (Phi) is 5.51. The fraction of sp³-hybridized carbons (Fsp3) is 0.400. The maximum atomic E-state index is 5.49. The van der Waals surface area contributed by atoms with Gasteiger partial charge in [-0.05, 0) is 17.9 Å². The molecule has 0 saturated carbocycles. The molecule has 0 radical (unpaired) electrons. The van der Waals surface area contributed by atoms with Gasteiger partial charge in [0, 0.05) is 10.2 Å². The molecule has 0 aliphatic heterocycles. The lowest BCUT2D eigenvalue weighted by Gasteiger charge is -2.04. The van der Waals surface area contributed by atoms with Crippen LogP contribution in [-0.4, -0.2) is 18.6 Å². The van der Waals surface area contributed by atoms with Crippen LogP contribution >= 0.6 is 27.7 Å². The van der Waals surface area contributed by atoms with Gasteiger partial charge in [-0.3, -0.25) is 0 Å². The molecule has 13 heavy (non-hydrogen) atoms. The number of rotatable bonds is 5. The molecule has 1 aromatic rings. The van der Waals surface area contributed by atoms with E-state index in [2.05, 4.69) is 28.3 Å². The third-order valence-electron chi connectivity index (χ3n) is 1.65. The summed E-state index contributed by atoms with van der Waals surface area (Å²) < 4.78 is 6.61. The van der Waals surface area contributed by atoms with Crippen molar-refractivity contribution >= 4 is 27.7 Å². The van der Waals surface area contributed by atoms with Crippen LogP contribution in [0.25, 0.3) is 0 Å². The predicted molar refractivity (Wildman–Crippen MR) is 62.2 cm³/mol. The number of ether oxygens (including phenoxy) is 1. The molecule has 0 unspecified atom stereocenters. The molecule has 0 atom stereocenters. The molecule has 1 nitrogen and oxygen atoms in total. The number of thioether (sulfide) groups is 1. The van der Waals surface area contributed by atoms with Gasteiger partial charge < -0.3 is 4.74 Å². The van der Waals surface area contributed by atoms with Crippen molar-refractivity contribution in [1.29, 1.82) is 0 Å². The molecule has 0 bridgehead atoms. The molecule has 0 fully saturated rings. The van der Waals surface area contributed by atoms with Gasteiger partial charge in [-0.15, -0.1) is 0 Å². The molecule has 0 spiro atoms. The molecule has 0 aliphatic rings. The summed E-state index contributed by atoms with van der Waals surface area (Å²) >= 11 is 5.28. The molecule has 0 N–H and O–H groups in total. The Hall–Kier alpha value is 0.01000. The molecule has 0 saturated heterocycles. The highest BCUT2D eigenvalue weighted by Crippen LogP contribution is 2.16. The lowest BCUT2D eigenvalue weighted by Crippen LogP contribution is -1.97. The Labute approximate surface area is 92.0 Å². The van der Waals surface area contributed by atoms with E-state index in [-0.39, 0.29) is 0 Å². The van der Waals surface area contributed by atoms with Crippen molar-refractivity contribution in [2.75, 3.05) is 18.6 Å². The fourth-order valence-electron chi connectivity index (χ4n) is 0.940. The van der Waals surface area contributed by atoms with Gasteiger partial charge in [-0.1, -0.05) is 34.1 Å². The lowest BCUT2D eigenvalue weighted by molar-refractivity contribution is 0.136. The zero-order valence-corrected chi connectivity index (χ0v) is 10.0. The molecule has 1 aromatic carbocycles. The van der Waals surface area contributed by atoms with E-state index in [0.717, 1.165) is 16.8 Å². The van der Waals surface area contributed by atoms with Gasteiger partial charge in [0.1, 0.15) is 0 Å². The number of benzene rings is 1. The summed E-state index contributed by atoms with van der Waals surface area (Å²) in [4.78, 5) is 0. The first-order valence-electron chi connectivity index (χ1n) is 4.14. The van der Waals surface area contributed by atoms with E-state index >= 15 is 0 Å². The highest BCUT2D eigenvalue weighted by Gasteiger charge is 1.97. The fourth-order valence-corrected chi connectivity index (χ4v) is 1.62. The van der Waals surface area contributed by atoms with E-state index in [4.69, 9.17) is 4.74 Å². The van der Waals surface area contributed by atoms with Crippen molar-refractivity contribution in [3.05, 3.63) is 34.3 Å². The minimum atomic E-state index is 0.696. The highest BCUT2D eigenvalue weighted by molar-refractivity contribution is 9.10. The highest BCUT2D eigenvalue weighted by atomic mass is 79.9. The number of hydrogen-bond donors (Lipinski definition) is 0. The van der Waals surface area contributed by atoms with Crippen LogP contribution in [0.1, 0.15) is 5.56 Å². The Morgan fingerprint density at radius 2 is 2.15 bits per heavy atom. The van der Waals surface area contributed by atoms with Crippen LogP contribution in [-0.2, 0) is 11.3 Å². The average molecular weight is 261 g/mol. The van der Waals surface area contributed by atoms with Crippen LogP contribution < -0.4 is 0 Å². The first-order chi connectivity index (χ1) is 6.34. The van der Waals surface area contributed by atoms with Gasteiger partial charge in [0.05, 0.1) is 13.2 Å². The minimum Gasteiger partial charge on any atom is -0.376 e. The van der Waals surface area contributed by atoms with Gasteiger partial charge in [0.25, 0.3) is 0 Å². The largest absolute Gasteiger partial charge is 0.376 e. The predicted octanol–water partition coefficient (Wildman–Crippen LogP) is 3.33. The molecule has 0 heterocycles. The van der Waals surface area contributed by atoms with Crippen molar-refractivity contribution in [3.63, 3.8) is 0 Å². The van der Waals surface area contributed by atoms with E-state index in [1.54, 1.807) is 11.8 Å². The summed E-state index contributed by atoms with van der Waals surface area (Å²) in [5, 5.41) is 0. The van der Waals surface area contributed by atoms with Crippen molar-refractivity contribution in [3.8, 4) is 0 Å². The van der Waals surface area contributed by atoms with Crippen molar-refractivity contribution in [2.24, 2.45) is 0 Å². The van der Waals surface area contributed by atoms with E-state index in [1.165, 1.54) is 5.56 Å². The Morgan fingerprint density at radius 3 is 2.85 bits per heavy atom. The van der Waals surface area contributed by atoms with Crippen LogP contribution in [0.3, 0.4) is 0 Å². The third-order valence-corrected chi connectivity index (χ3v) is 3.00. The standard InChI is InChI=1S/C10H13BrOS/c1-13-7-6-12-8-9-4-2-3-5-10(9)11/h2-5H,6-8H2,1H3. The number of halogens is 1. The van der Waals surface area contributed by atoms with Gasteiger partial charge in [-0.25, -0.2) is 0 Å². The monoisotopic (exact) mass is 260 g/mol. The van der Waals surface area contributed by atoms with Crippen LogP contribution in [0.5, 0.6) is 0 Å². The molecular formula is C10H13BrOS. The summed E-state index contributed by atoms with van der Waals surface area (Å²) in [6, 6.07) is 8.14. The molecule has 1 rings (SSSR count). The third kappa shape index (κ3) is 4.16.